The Kier molecular flexibility index (Phi) is 5.80. The van der Waals surface area contributed by atoms with Crippen LogP contribution in [0.25, 0.3) is 6.08 Å². The molecule has 0 radical (unpaired) electrons. The van der Waals surface area contributed by atoms with Crippen molar-refractivity contribution in [2.24, 2.45) is 0 Å². The zero-order valence-corrected chi connectivity index (χ0v) is 16.2. The minimum absolute atomic E-state index is 0.153. The Morgan fingerprint density at radius 1 is 1.14 bits per heavy atom. The zero-order chi connectivity index (χ0) is 20.3. The fraction of sp³-hybridized carbons (Fsp3) is 0.190. The average Bonchev–Trinajstić information content (AvgIpc) is 2.64. The third-order valence-corrected chi connectivity index (χ3v) is 4.39. The number of ether oxygens (including phenoxy) is 1. The van der Waals surface area contributed by atoms with Gasteiger partial charge < -0.3 is 4.74 Å². The van der Waals surface area contributed by atoms with E-state index in [9.17, 15) is 14.4 Å². The van der Waals surface area contributed by atoms with E-state index in [1.54, 1.807) is 36.4 Å². The molecule has 1 N–H and O–H groups in total. The molecule has 0 aliphatic carbocycles. The molecule has 7 heteroatoms. The predicted molar refractivity (Wildman–Crippen MR) is 107 cm³/mol. The van der Waals surface area contributed by atoms with E-state index in [4.69, 9.17) is 16.3 Å². The Morgan fingerprint density at radius 3 is 2.61 bits per heavy atom. The van der Waals surface area contributed by atoms with Gasteiger partial charge in [-0.15, -0.1) is 0 Å². The standard InChI is InChI=1S/C21H19ClN2O4/c1-3-9-28-18-8-7-14(12-17(18)22)11-16-19(25)23-21(27)24(20(16)26)15-6-4-5-13(2)10-15/h4-8,10-12H,3,9H2,1-2H3,(H,23,25,27)/b16-11+. The number of rotatable bonds is 5. The van der Waals surface area contributed by atoms with Crippen LogP contribution in [0.5, 0.6) is 5.75 Å². The summed E-state index contributed by atoms with van der Waals surface area (Å²) in [4.78, 5) is 38.3. The summed E-state index contributed by atoms with van der Waals surface area (Å²) in [5.41, 5.74) is 1.67. The van der Waals surface area contributed by atoms with Gasteiger partial charge in [-0.1, -0.05) is 36.7 Å². The van der Waals surface area contributed by atoms with Crippen molar-refractivity contribution in [3.8, 4) is 5.75 Å². The fourth-order valence-corrected chi connectivity index (χ4v) is 3.01. The molecule has 0 aromatic heterocycles. The molecule has 2 aromatic rings. The molecule has 1 heterocycles. The molecule has 1 aliphatic rings. The molecule has 0 saturated carbocycles. The first-order valence-corrected chi connectivity index (χ1v) is 9.19. The number of anilines is 1. The van der Waals surface area contributed by atoms with E-state index in [-0.39, 0.29) is 5.57 Å². The van der Waals surface area contributed by atoms with Gasteiger partial charge >= 0.3 is 6.03 Å². The molecule has 1 saturated heterocycles. The van der Waals surface area contributed by atoms with Crippen molar-refractivity contribution >= 4 is 41.2 Å². The summed E-state index contributed by atoms with van der Waals surface area (Å²) >= 11 is 6.22. The van der Waals surface area contributed by atoms with Crippen LogP contribution in [0.4, 0.5) is 10.5 Å². The lowest BCUT2D eigenvalue weighted by Gasteiger charge is -2.26. The summed E-state index contributed by atoms with van der Waals surface area (Å²) in [6, 6.07) is 11.1. The Hall–Kier alpha value is -3.12. The number of urea groups is 1. The highest BCUT2D eigenvalue weighted by Gasteiger charge is 2.36. The average molecular weight is 399 g/mol. The first-order chi connectivity index (χ1) is 13.4. The number of halogens is 1. The Balaban J connectivity index is 1.94. The molecular weight excluding hydrogens is 380 g/mol. The maximum absolute atomic E-state index is 12.9. The van der Waals surface area contributed by atoms with Crippen LogP contribution in [0.2, 0.25) is 5.02 Å². The first-order valence-electron chi connectivity index (χ1n) is 8.81. The third kappa shape index (κ3) is 4.07. The third-order valence-electron chi connectivity index (χ3n) is 4.09. The number of barbiturate groups is 1. The van der Waals surface area contributed by atoms with Crippen LogP contribution in [0.3, 0.4) is 0 Å². The van der Waals surface area contributed by atoms with Gasteiger partial charge in [-0.25, -0.2) is 9.69 Å². The van der Waals surface area contributed by atoms with E-state index in [1.807, 2.05) is 19.9 Å². The van der Waals surface area contributed by atoms with E-state index in [0.717, 1.165) is 16.9 Å². The molecule has 4 amide bonds. The number of amides is 4. The molecule has 2 aromatic carbocycles. The van der Waals surface area contributed by atoms with Gasteiger partial charge in [0.05, 0.1) is 17.3 Å². The van der Waals surface area contributed by atoms with Crippen molar-refractivity contribution < 1.29 is 19.1 Å². The van der Waals surface area contributed by atoms with Crippen LogP contribution in [0.15, 0.2) is 48.0 Å². The number of nitrogens with zero attached hydrogens (tertiary/aromatic N) is 1. The van der Waals surface area contributed by atoms with Crippen molar-refractivity contribution in [3.05, 3.63) is 64.2 Å². The largest absolute Gasteiger partial charge is 0.492 e. The molecule has 144 valence electrons. The van der Waals surface area contributed by atoms with E-state index in [1.165, 1.54) is 6.08 Å². The minimum Gasteiger partial charge on any atom is -0.492 e. The SMILES string of the molecule is CCCOc1ccc(/C=C2\C(=O)NC(=O)N(c3cccc(C)c3)C2=O)cc1Cl. The van der Waals surface area contributed by atoms with Crippen molar-refractivity contribution in [3.63, 3.8) is 0 Å². The number of hydrogen-bond acceptors (Lipinski definition) is 4. The van der Waals surface area contributed by atoms with Crippen molar-refractivity contribution in [2.75, 3.05) is 11.5 Å². The van der Waals surface area contributed by atoms with Gasteiger partial charge in [-0.3, -0.25) is 14.9 Å². The number of imide groups is 2. The van der Waals surface area contributed by atoms with Crippen molar-refractivity contribution in [1.82, 2.24) is 5.32 Å². The monoisotopic (exact) mass is 398 g/mol. The summed E-state index contributed by atoms with van der Waals surface area (Å²) in [5, 5.41) is 2.58. The maximum Gasteiger partial charge on any atom is 0.335 e. The second-order valence-corrected chi connectivity index (χ2v) is 6.74. The summed E-state index contributed by atoms with van der Waals surface area (Å²) in [6.45, 7) is 4.37. The van der Waals surface area contributed by atoms with Gasteiger partial charge in [0.25, 0.3) is 11.8 Å². The molecule has 28 heavy (non-hydrogen) atoms. The van der Waals surface area contributed by atoms with Gasteiger partial charge in [0.15, 0.2) is 0 Å². The molecule has 0 bridgehead atoms. The lowest BCUT2D eigenvalue weighted by atomic mass is 10.1. The smallest absolute Gasteiger partial charge is 0.335 e. The van der Waals surface area contributed by atoms with Crippen molar-refractivity contribution in [1.29, 1.82) is 0 Å². The highest BCUT2D eigenvalue weighted by Crippen LogP contribution is 2.28. The number of aryl methyl sites for hydroxylation is 1. The summed E-state index contributed by atoms with van der Waals surface area (Å²) in [6.07, 6.45) is 2.25. The summed E-state index contributed by atoms with van der Waals surface area (Å²) < 4.78 is 5.52. The molecular formula is C21H19ClN2O4. The molecule has 3 rings (SSSR count). The van der Waals surface area contributed by atoms with Gasteiger partial charge in [0.2, 0.25) is 0 Å². The number of carbonyl (C=O) groups is 3. The van der Waals surface area contributed by atoms with E-state index in [2.05, 4.69) is 5.32 Å². The minimum atomic E-state index is -0.779. The van der Waals surface area contributed by atoms with E-state index < -0.39 is 17.8 Å². The lowest BCUT2D eigenvalue weighted by Crippen LogP contribution is -2.54. The maximum atomic E-state index is 12.9. The van der Waals surface area contributed by atoms with Crippen LogP contribution in [-0.4, -0.2) is 24.5 Å². The van der Waals surface area contributed by atoms with Crippen LogP contribution < -0.4 is 15.0 Å². The highest BCUT2D eigenvalue weighted by atomic mass is 35.5. The Morgan fingerprint density at radius 2 is 1.93 bits per heavy atom. The van der Waals surface area contributed by atoms with Crippen molar-refractivity contribution in [2.45, 2.75) is 20.3 Å². The quantitative estimate of drug-likeness (QED) is 0.607. The van der Waals surface area contributed by atoms with Gasteiger partial charge in [-0.2, -0.15) is 0 Å². The molecule has 1 fully saturated rings. The lowest BCUT2D eigenvalue weighted by molar-refractivity contribution is -0.122. The van der Waals surface area contributed by atoms with Gasteiger partial charge in [-0.05, 0) is 54.8 Å². The van der Waals surface area contributed by atoms with E-state index >= 15 is 0 Å². The second-order valence-electron chi connectivity index (χ2n) is 6.34. The van der Waals surface area contributed by atoms with Crippen LogP contribution in [0.1, 0.15) is 24.5 Å². The second kappa shape index (κ2) is 8.27. The Bertz CT molecular complexity index is 984. The van der Waals surface area contributed by atoms with Gasteiger partial charge in [0.1, 0.15) is 11.3 Å². The van der Waals surface area contributed by atoms with Crippen LogP contribution >= 0.6 is 11.6 Å². The summed E-state index contributed by atoms with van der Waals surface area (Å²) in [5.74, 6) is -0.912. The van der Waals surface area contributed by atoms with Crippen LogP contribution in [0, 0.1) is 6.92 Å². The zero-order valence-electron chi connectivity index (χ0n) is 15.5. The normalized spacial score (nSPS) is 15.8. The topological polar surface area (TPSA) is 75.7 Å². The first kappa shape index (κ1) is 19.6. The van der Waals surface area contributed by atoms with Crippen LogP contribution in [-0.2, 0) is 9.59 Å². The molecule has 6 nitrogen and oxygen atoms in total. The van der Waals surface area contributed by atoms with Gasteiger partial charge in [0, 0.05) is 0 Å². The number of benzene rings is 2. The molecule has 0 spiro atoms. The number of nitrogens with one attached hydrogen (secondary N) is 1. The molecule has 0 atom stereocenters. The predicted octanol–water partition coefficient (Wildman–Crippen LogP) is 4.10. The molecule has 0 unspecified atom stereocenters. The number of hydrogen-bond donors (Lipinski definition) is 1. The fourth-order valence-electron chi connectivity index (χ4n) is 2.76. The van der Waals surface area contributed by atoms with E-state index in [0.29, 0.717) is 28.6 Å². The number of carbonyl (C=O) groups excluding carboxylic acids is 3. The Labute approximate surface area is 167 Å². The summed E-state index contributed by atoms with van der Waals surface area (Å²) in [7, 11) is 0. The highest BCUT2D eigenvalue weighted by molar-refractivity contribution is 6.39. The molecule has 1 aliphatic heterocycles.